The zero-order valence-corrected chi connectivity index (χ0v) is 11.9. The summed E-state index contributed by atoms with van der Waals surface area (Å²) >= 11 is 1.42. The molecule has 20 heavy (non-hydrogen) atoms. The Balaban J connectivity index is 1.80. The molecule has 0 spiro atoms. The maximum atomic E-state index is 11.6. The zero-order chi connectivity index (χ0) is 14.4. The zero-order valence-electron chi connectivity index (χ0n) is 11.1. The molecule has 1 amide bonds. The number of amides is 1. The van der Waals surface area contributed by atoms with Gasteiger partial charge in [0.2, 0.25) is 0 Å². The van der Waals surface area contributed by atoms with Crippen LogP contribution in [-0.4, -0.2) is 12.4 Å². The summed E-state index contributed by atoms with van der Waals surface area (Å²) in [7, 11) is 0. The van der Waals surface area contributed by atoms with E-state index in [9.17, 15) is 9.59 Å². The van der Waals surface area contributed by atoms with Crippen molar-refractivity contribution in [3.05, 3.63) is 57.3 Å². The second-order valence-corrected chi connectivity index (χ2v) is 5.55. The van der Waals surface area contributed by atoms with E-state index >= 15 is 0 Å². The lowest BCUT2D eigenvalue weighted by atomic mass is 10.2. The van der Waals surface area contributed by atoms with Crippen molar-refractivity contribution in [1.82, 2.24) is 5.32 Å². The Bertz CT molecular complexity index is 592. The summed E-state index contributed by atoms with van der Waals surface area (Å²) in [6, 6.07) is 11.3. The van der Waals surface area contributed by atoms with Gasteiger partial charge in [-0.05, 0) is 24.1 Å². The number of nitrogens with one attached hydrogen (secondary N) is 1. The summed E-state index contributed by atoms with van der Waals surface area (Å²) in [5, 5.41) is 2.68. The van der Waals surface area contributed by atoms with Crippen LogP contribution >= 0.6 is 11.3 Å². The van der Waals surface area contributed by atoms with Crippen LogP contribution in [0, 0.1) is 6.92 Å². The van der Waals surface area contributed by atoms with Gasteiger partial charge in [0.25, 0.3) is 0 Å². The third-order valence-electron chi connectivity index (χ3n) is 2.79. The lowest BCUT2D eigenvalue weighted by molar-refractivity contribution is 0.112. The van der Waals surface area contributed by atoms with E-state index in [0.29, 0.717) is 11.4 Å². The molecule has 2 rings (SSSR count). The molecule has 0 fully saturated rings. The fourth-order valence-electron chi connectivity index (χ4n) is 1.72. The van der Waals surface area contributed by atoms with E-state index in [1.165, 1.54) is 11.3 Å². The third kappa shape index (κ3) is 3.93. The summed E-state index contributed by atoms with van der Waals surface area (Å²) in [5.41, 5.74) is 1.88. The summed E-state index contributed by atoms with van der Waals surface area (Å²) in [5.74, 6) is 0. The van der Waals surface area contributed by atoms with Gasteiger partial charge in [0.1, 0.15) is 6.61 Å². The number of benzene rings is 1. The van der Waals surface area contributed by atoms with Gasteiger partial charge < -0.3 is 10.1 Å². The lowest BCUT2D eigenvalue weighted by Gasteiger charge is -2.06. The topological polar surface area (TPSA) is 55.4 Å². The fraction of sp³-hybridized carbons (Fsp3) is 0.200. The van der Waals surface area contributed by atoms with Crippen LogP contribution in [-0.2, 0) is 17.9 Å². The SMILES string of the molecule is Cc1sc(C=O)cc1CNC(=O)OCc1ccccc1. The smallest absolute Gasteiger partial charge is 0.407 e. The highest BCUT2D eigenvalue weighted by Gasteiger charge is 2.07. The first-order valence-electron chi connectivity index (χ1n) is 6.18. The number of aryl methyl sites for hydroxylation is 1. The minimum Gasteiger partial charge on any atom is -0.445 e. The van der Waals surface area contributed by atoms with E-state index in [2.05, 4.69) is 5.32 Å². The number of thiophene rings is 1. The first-order valence-corrected chi connectivity index (χ1v) is 6.99. The average molecular weight is 289 g/mol. The number of aldehydes is 1. The number of carbonyl (C=O) groups is 2. The van der Waals surface area contributed by atoms with E-state index in [4.69, 9.17) is 4.74 Å². The second kappa shape index (κ2) is 6.86. The third-order valence-corrected chi connectivity index (χ3v) is 3.81. The molecular formula is C15H15NO3S. The normalized spacial score (nSPS) is 10.1. The molecule has 1 N–H and O–H groups in total. The number of rotatable bonds is 5. The molecule has 0 aliphatic rings. The van der Waals surface area contributed by atoms with Gasteiger partial charge in [0.15, 0.2) is 6.29 Å². The van der Waals surface area contributed by atoms with Crippen LogP contribution in [0.15, 0.2) is 36.4 Å². The molecule has 0 saturated carbocycles. The molecule has 0 bridgehead atoms. The highest BCUT2D eigenvalue weighted by Crippen LogP contribution is 2.19. The molecule has 0 atom stereocenters. The standard InChI is InChI=1S/C15H15NO3S/c1-11-13(7-14(9-17)20-11)8-16-15(18)19-10-12-5-3-2-4-6-12/h2-7,9H,8,10H2,1H3,(H,16,18). The van der Waals surface area contributed by atoms with Gasteiger partial charge in [-0.2, -0.15) is 0 Å². The lowest BCUT2D eigenvalue weighted by Crippen LogP contribution is -2.23. The molecule has 0 radical (unpaired) electrons. The van der Waals surface area contributed by atoms with E-state index in [1.54, 1.807) is 6.07 Å². The van der Waals surface area contributed by atoms with Crippen LogP contribution in [0.25, 0.3) is 0 Å². The highest BCUT2D eigenvalue weighted by atomic mass is 32.1. The number of hydrogen-bond acceptors (Lipinski definition) is 4. The van der Waals surface area contributed by atoms with E-state index in [-0.39, 0.29) is 6.61 Å². The van der Waals surface area contributed by atoms with Gasteiger partial charge in [-0.1, -0.05) is 30.3 Å². The Kier molecular flexibility index (Phi) is 4.90. The molecule has 4 nitrogen and oxygen atoms in total. The van der Waals surface area contributed by atoms with Crippen molar-refractivity contribution < 1.29 is 14.3 Å². The molecular weight excluding hydrogens is 274 g/mol. The molecule has 1 aromatic carbocycles. The van der Waals surface area contributed by atoms with Crippen molar-refractivity contribution in [1.29, 1.82) is 0 Å². The van der Waals surface area contributed by atoms with Crippen LogP contribution in [0.1, 0.15) is 25.7 Å². The maximum Gasteiger partial charge on any atom is 0.407 e. The van der Waals surface area contributed by atoms with Crippen molar-refractivity contribution in [2.75, 3.05) is 0 Å². The highest BCUT2D eigenvalue weighted by molar-refractivity contribution is 7.13. The quantitative estimate of drug-likeness (QED) is 0.859. The maximum absolute atomic E-state index is 11.6. The number of hydrogen-bond donors (Lipinski definition) is 1. The minimum atomic E-state index is -0.466. The Labute approximate surface area is 121 Å². The van der Waals surface area contributed by atoms with Crippen LogP contribution in [0.5, 0.6) is 0 Å². The first kappa shape index (κ1) is 14.3. The summed E-state index contributed by atoms with van der Waals surface area (Å²) in [6.45, 7) is 2.53. The van der Waals surface area contributed by atoms with Gasteiger partial charge in [-0.15, -0.1) is 11.3 Å². The number of ether oxygens (including phenoxy) is 1. The molecule has 0 aliphatic heterocycles. The molecule has 0 saturated heterocycles. The van der Waals surface area contributed by atoms with Gasteiger partial charge in [0.05, 0.1) is 4.88 Å². The summed E-state index contributed by atoms with van der Waals surface area (Å²) in [4.78, 5) is 23.9. The van der Waals surface area contributed by atoms with Crippen molar-refractivity contribution in [2.24, 2.45) is 0 Å². The second-order valence-electron chi connectivity index (χ2n) is 4.26. The van der Waals surface area contributed by atoms with E-state index in [1.807, 2.05) is 37.3 Å². The number of carbonyl (C=O) groups excluding carboxylic acids is 2. The molecule has 1 aromatic heterocycles. The van der Waals surface area contributed by atoms with Gasteiger partial charge >= 0.3 is 6.09 Å². The van der Waals surface area contributed by atoms with Gasteiger partial charge in [0, 0.05) is 11.4 Å². The Morgan fingerprint density at radius 3 is 2.75 bits per heavy atom. The molecule has 5 heteroatoms. The van der Waals surface area contributed by atoms with Crippen LogP contribution < -0.4 is 5.32 Å². The Hall–Kier alpha value is -2.14. The van der Waals surface area contributed by atoms with E-state index in [0.717, 1.165) is 22.3 Å². The van der Waals surface area contributed by atoms with Crippen molar-refractivity contribution in [3.63, 3.8) is 0 Å². The molecule has 0 unspecified atom stereocenters. The number of alkyl carbamates (subject to hydrolysis) is 1. The Morgan fingerprint density at radius 2 is 2.10 bits per heavy atom. The summed E-state index contributed by atoms with van der Waals surface area (Å²) < 4.78 is 5.11. The first-order chi connectivity index (χ1) is 9.69. The molecule has 2 aromatic rings. The van der Waals surface area contributed by atoms with Crippen molar-refractivity contribution in [3.8, 4) is 0 Å². The largest absolute Gasteiger partial charge is 0.445 e. The predicted molar refractivity (Wildman–Crippen MR) is 77.9 cm³/mol. The van der Waals surface area contributed by atoms with Crippen LogP contribution in [0.4, 0.5) is 4.79 Å². The summed E-state index contributed by atoms with van der Waals surface area (Å²) in [6.07, 6.45) is 0.349. The van der Waals surface area contributed by atoms with E-state index < -0.39 is 6.09 Å². The molecule has 104 valence electrons. The van der Waals surface area contributed by atoms with Crippen LogP contribution in [0.3, 0.4) is 0 Å². The Morgan fingerprint density at radius 1 is 1.35 bits per heavy atom. The van der Waals surface area contributed by atoms with Crippen molar-refractivity contribution >= 4 is 23.7 Å². The molecule has 0 aliphatic carbocycles. The van der Waals surface area contributed by atoms with Crippen LogP contribution in [0.2, 0.25) is 0 Å². The monoisotopic (exact) mass is 289 g/mol. The minimum absolute atomic E-state index is 0.245. The molecule has 1 heterocycles. The predicted octanol–water partition coefficient (Wildman–Crippen LogP) is 3.30. The average Bonchev–Trinajstić information content (AvgIpc) is 2.84. The van der Waals surface area contributed by atoms with Gasteiger partial charge in [-0.25, -0.2) is 4.79 Å². The van der Waals surface area contributed by atoms with Crippen molar-refractivity contribution in [2.45, 2.75) is 20.1 Å². The van der Waals surface area contributed by atoms with Gasteiger partial charge in [-0.3, -0.25) is 4.79 Å². The fourth-order valence-corrected chi connectivity index (χ4v) is 2.59.